The van der Waals surface area contributed by atoms with Gasteiger partial charge < -0.3 is 20.5 Å². The molecule has 1 aromatic heterocycles. The summed E-state index contributed by atoms with van der Waals surface area (Å²) in [5.41, 5.74) is 2.06. The van der Waals surface area contributed by atoms with Gasteiger partial charge in [0.2, 0.25) is 5.91 Å². The van der Waals surface area contributed by atoms with Crippen molar-refractivity contribution in [3.05, 3.63) is 36.0 Å². The van der Waals surface area contributed by atoms with Crippen molar-refractivity contribution >= 4 is 16.8 Å². The molecule has 2 rings (SSSR count). The number of fused-ring (bicyclic) bond motifs is 1. The predicted octanol–water partition coefficient (Wildman–Crippen LogP) is 1.20. The largest absolute Gasteiger partial charge is 0.394 e. The first-order chi connectivity index (χ1) is 10.0. The number of nitrogens with one attached hydrogen (secondary N) is 2. The van der Waals surface area contributed by atoms with Crippen LogP contribution in [0.1, 0.15) is 19.4 Å². The SMILES string of the molecule is CC(C)[C@H](O)C(=O)N[C@H](CO)Cc1c[nH]c2ccccc12. The maximum absolute atomic E-state index is 11.9. The van der Waals surface area contributed by atoms with Crippen LogP contribution >= 0.6 is 0 Å². The van der Waals surface area contributed by atoms with E-state index in [2.05, 4.69) is 10.3 Å². The van der Waals surface area contributed by atoms with E-state index in [1.165, 1.54) is 0 Å². The Labute approximate surface area is 124 Å². The van der Waals surface area contributed by atoms with Crippen molar-refractivity contribution in [2.75, 3.05) is 6.61 Å². The lowest BCUT2D eigenvalue weighted by molar-refractivity contribution is -0.132. The summed E-state index contributed by atoms with van der Waals surface area (Å²) in [5, 5.41) is 23.0. The van der Waals surface area contributed by atoms with Crippen LogP contribution in [0.3, 0.4) is 0 Å². The Kier molecular flexibility index (Phi) is 4.98. The van der Waals surface area contributed by atoms with Crippen LogP contribution < -0.4 is 5.32 Å². The minimum absolute atomic E-state index is 0.155. The van der Waals surface area contributed by atoms with Crippen LogP contribution in [-0.2, 0) is 11.2 Å². The maximum Gasteiger partial charge on any atom is 0.249 e. The monoisotopic (exact) mass is 290 g/mol. The van der Waals surface area contributed by atoms with E-state index in [1.807, 2.05) is 30.5 Å². The topological polar surface area (TPSA) is 85.3 Å². The van der Waals surface area contributed by atoms with E-state index >= 15 is 0 Å². The minimum Gasteiger partial charge on any atom is -0.394 e. The Morgan fingerprint density at radius 2 is 2.05 bits per heavy atom. The third-order valence-corrected chi connectivity index (χ3v) is 3.61. The molecule has 0 bridgehead atoms. The molecular formula is C16H22N2O3. The molecule has 4 N–H and O–H groups in total. The highest BCUT2D eigenvalue weighted by Gasteiger charge is 2.22. The number of rotatable bonds is 6. The predicted molar refractivity (Wildman–Crippen MR) is 81.9 cm³/mol. The molecule has 0 saturated carbocycles. The molecule has 0 spiro atoms. The highest BCUT2D eigenvalue weighted by molar-refractivity contribution is 5.83. The molecule has 0 aliphatic carbocycles. The van der Waals surface area contributed by atoms with E-state index in [4.69, 9.17) is 0 Å². The number of aliphatic hydroxyl groups is 2. The van der Waals surface area contributed by atoms with Gasteiger partial charge >= 0.3 is 0 Å². The quantitative estimate of drug-likeness (QED) is 0.645. The van der Waals surface area contributed by atoms with E-state index < -0.39 is 18.1 Å². The Hall–Kier alpha value is -1.85. The van der Waals surface area contributed by atoms with E-state index in [9.17, 15) is 15.0 Å². The van der Waals surface area contributed by atoms with E-state index in [-0.39, 0.29) is 12.5 Å². The van der Waals surface area contributed by atoms with Gasteiger partial charge in [0, 0.05) is 17.1 Å². The molecule has 0 aliphatic heterocycles. The van der Waals surface area contributed by atoms with Gasteiger partial charge in [-0.1, -0.05) is 32.0 Å². The second kappa shape index (κ2) is 6.74. The number of hydrogen-bond acceptors (Lipinski definition) is 3. The fourth-order valence-electron chi connectivity index (χ4n) is 2.32. The zero-order valence-electron chi connectivity index (χ0n) is 12.3. The summed E-state index contributed by atoms with van der Waals surface area (Å²) in [5.74, 6) is -0.596. The van der Waals surface area contributed by atoms with Crippen molar-refractivity contribution in [2.24, 2.45) is 5.92 Å². The molecule has 21 heavy (non-hydrogen) atoms. The van der Waals surface area contributed by atoms with Gasteiger partial charge in [-0.05, 0) is 24.0 Å². The summed E-state index contributed by atoms with van der Waals surface area (Å²) in [6.45, 7) is 3.38. The Balaban J connectivity index is 2.07. The number of H-pyrrole nitrogens is 1. The fraction of sp³-hybridized carbons (Fsp3) is 0.438. The van der Waals surface area contributed by atoms with Crippen molar-refractivity contribution in [3.63, 3.8) is 0 Å². The second-order valence-electron chi connectivity index (χ2n) is 5.64. The van der Waals surface area contributed by atoms with Gasteiger partial charge in [-0.3, -0.25) is 4.79 Å². The zero-order chi connectivity index (χ0) is 15.4. The van der Waals surface area contributed by atoms with Crippen molar-refractivity contribution in [1.29, 1.82) is 0 Å². The molecule has 114 valence electrons. The molecule has 2 aromatic rings. The lowest BCUT2D eigenvalue weighted by Crippen LogP contribution is -2.45. The Morgan fingerprint density at radius 3 is 2.71 bits per heavy atom. The summed E-state index contributed by atoms with van der Waals surface area (Å²) in [4.78, 5) is 15.0. The van der Waals surface area contributed by atoms with Gasteiger partial charge in [0.05, 0.1) is 12.6 Å². The van der Waals surface area contributed by atoms with Gasteiger partial charge in [-0.25, -0.2) is 0 Å². The summed E-state index contributed by atoms with van der Waals surface area (Å²) < 4.78 is 0. The van der Waals surface area contributed by atoms with Gasteiger partial charge in [-0.2, -0.15) is 0 Å². The van der Waals surface area contributed by atoms with Gasteiger partial charge in [0.15, 0.2) is 0 Å². The summed E-state index contributed by atoms with van der Waals surface area (Å²) in [6, 6.07) is 7.47. The molecular weight excluding hydrogens is 268 g/mol. The molecule has 0 unspecified atom stereocenters. The average Bonchev–Trinajstić information content (AvgIpc) is 2.88. The first-order valence-corrected chi connectivity index (χ1v) is 7.17. The van der Waals surface area contributed by atoms with Crippen LogP contribution in [0.2, 0.25) is 0 Å². The Morgan fingerprint density at radius 1 is 1.33 bits per heavy atom. The number of benzene rings is 1. The molecule has 0 saturated heterocycles. The third-order valence-electron chi connectivity index (χ3n) is 3.61. The molecule has 0 aliphatic rings. The highest BCUT2D eigenvalue weighted by atomic mass is 16.3. The van der Waals surface area contributed by atoms with Crippen LogP contribution in [0, 0.1) is 5.92 Å². The molecule has 5 nitrogen and oxygen atoms in total. The lowest BCUT2D eigenvalue weighted by atomic mass is 10.0. The summed E-state index contributed by atoms with van der Waals surface area (Å²) in [7, 11) is 0. The molecule has 2 atom stereocenters. The average molecular weight is 290 g/mol. The number of aromatic nitrogens is 1. The maximum atomic E-state index is 11.9. The molecule has 1 amide bonds. The van der Waals surface area contributed by atoms with E-state index in [0.29, 0.717) is 6.42 Å². The number of aromatic amines is 1. The van der Waals surface area contributed by atoms with Crippen molar-refractivity contribution in [1.82, 2.24) is 10.3 Å². The summed E-state index contributed by atoms with van der Waals surface area (Å²) >= 11 is 0. The van der Waals surface area contributed by atoms with Crippen molar-refractivity contribution in [2.45, 2.75) is 32.4 Å². The number of para-hydroxylation sites is 1. The van der Waals surface area contributed by atoms with E-state index in [1.54, 1.807) is 13.8 Å². The Bertz CT molecular complexity index is 606. The molecule has 0 radical (unpaired) electrons. The number of carbonyl (C=O) groups is 1. The zero-order valence-corrected chi connectivity index (χ0v) is 12.3. The first kappa shape index (κ1) is 15.5. The van der Waals surface area contributed by atoms with Crippen LogP contribution in [-0.4, -0.2) is 39.9 Å². The molecule has 1 aromatic carbocycles. The van der Waals surface area contributed by atoms with Crippen LogP contribution in [0.5, 0.6) is 0 Å². The van der Waals surface area contributed by atoms with E-state index in [0.717, 1.165) is 16.5 Å². The smallest absolute Gasteiger partial charge is 0.249 e. The van der Waals surface area contributed by atoms with Crippen molar-refractivity contribution < 1.29 is 15.0 Å². The molecule has 0 fully saturated rings. The minimum atomic E-state index is -1.05. The fourth-order valence-corrected chi connectivity index (χ4v) is 2.32. The first-order valence-electron chi connectivity index (χ1n) is 7.17. The van der Waals surface area contributed by atoms with Gasteiger partial charge in [0.1, 0.15) is 6.10 Å². The second-order valence-corrected chi connectivity index (χ2v) is 5.64. The molecule has 5 heteroatoms. The lowest BCUT2D eigenvalue weighted by Gasteiger charge is -2.20. The van der Waals surface area contributed by atoms with Gasteiger partial charge in [-0.15, -0.1) is 0 Å². The number of hydrogen-bond donors (Lipinski definition) is 4. The van der Waals surface area contributed by atoms with Crippen LogP contribution in [0.15, 0.2) is 30.5 Å². The summed E-state index contributed by atoms with van der Waals surface area (Å²) in [6.07, 6.45) is 1.34. The molecule has 1 heterocycles. The number of amides is 1. The van der Waals surface area contributed by atoms with Crippen LogP contribution in [0.4, 0.5) is 0 Å². The van der Waals surface area contributed by atoms with Crippen molar-refractivity contribution in [3.8, 4) is 0 Å². The van der Waals surface area contributed by atoms with Crippen LogP contribution in [0.25, 0.3) is 10.9 Å². The number of carbonyl (C=O) groups excluding carboxylic acids is 1. The number of aliphatic hydroxyl groups excluding tert-OH is 2. The normalized spacial score (nSPS) is 14.3. The van der Waals surface area contributed by atoms with Gasteiger partial charge in [0.25, 0.3) is 0 Å². The third kappa shape index (κ3) is 3.62. The standard InChI is InChI=1S/C16H22N2O3/c1-10(2)15(20)16(21)18-12(9-19)7-11-8-17-14-6-4-3-5-13(11)14/h3-6,8,10,12,15,17,19-20H,7,9H2,1-2H3,(H,18,21)/t12-,15-/m0/s1. The highest BCUT2D eigenvalue weighted by Crippen LogP contribution is 2.19.